The molecule has 2 aromatic carbocycles. The minimum Gasteiger partial charge on any atom is -0.380 e. The summed E-state index contributed by atoms with van der Waals surface area (Å²) in [5.41, 5.74) is 7.59. The van der Waals surface area contributed by atoms with E-state index in [1.807, 2.05) is 12.1 Å². The molecule has 0 bridgehead atoms. The molecule has 0 saturated heterocycles. The Morgan fingerprint density at radius 2 is 2.00 bits per heavy atom. The van der Waals surface area contributed by atoms with Gasteiger partial charge in [0.1, 0.15) is 0 Å². The van der Waals surface area contributed by atoms with Gasteiger partial charge in [-0.05, 0) is 35.9 Å². The molecule has 3 aromatic rings. The maximum absolute atomic E-state index is 12.1. The first-order valence-corrected chi connectivity index (χ1v) is 6.69. The number of halogens is 1. The molecule has 0 aliphatic rings. The van der Waals surface area contributed by atoms with Gasteiger partial charge in [0.25, 0.3) is 5.91 Å². The number of nitrogens with one attached hydrogen (secondary N) is 1. The van der Waals surface area contributed by atoms with Crippen LogP contribution in [0.4, 0.5) is 5.82 Å². The van der Waals surface area contributed by atoms with Crippen LogP contribution in [0.2, 0.25) is 5.02 Å². The van der Waals surface area contributed by atoms with Crippen LogP contribution >= 0.6 is 11.6 Å². The fraction of sp³-hybridized carbons (Fsp3) is 0.0667. The smallest absolute Gasteiger partial charge is 0.251 e. The van der Waals surface area contributed by atoms with Crippen LogP contribution in [0.3, 0.4) is 0 Å². The largest absolute Gasteiger partial charge is 0.380 e. The Labute approximate surface area is 125 Å². The van der Waals surface area contributed by atoms with Crippen LogP contribution in [0.5, 0.6) is 0 Å². The van der Waals surface area contributed by atoms with Crippen molar-refractivity contribution in [3.63, 3.8) is 0 Å². The van der Waals surface area contributed by atoms with Crippen molar-refractivity contribution in [3.05, 3.63) is 58.6 Å². The highest BCUT2D eigenvalue weighted by Gasteiger charge is 2.10. The van der Waals surface area contributed by atoms with E-state index in [1.165, 1.54) is 0 Å². The maximum atomic E-state index is 12.1. The number of anilines is 1. The highest BCUT2D eigenvalue weighted by Crippen LogP contribution is 2.21. The molecule has 0 unspecified atom stereocenters. The van der Waals surface area contributed by atoms with Gasteiger partial charge < -0.3 is 15.6 Å². The van der Waals surface area contributed by atoms with Crippen molar-refractivity contribution >= 4 is 34.3 Å². The Balaban J connectivity index is 1.73. The summed E-state index contributed by atoms with van der Waals surface area (Å²) in [6.45, 7) is 0.423. The maximum Gasteiger partial charge on any atom is 0.251 e. The first kappa shape index (κ1) is 13.5. The summed E-state index contributed by atoms with van der Waals surface area (Å²) >= 11 is 5.81. The minimum atomic E-state index is -0.193. The van der Waals surface area contributed by atoms with Crippen LogP contribution in [0.25, 0.3) is 11.0 Å². The molecule has 1 heterocycles. The number of carbonyl (C=O) groups excluding carboxylic acids is 1. The standard InChI is InChI=1S/C15H12ClN3O2/c16-11-4-1-9(2-5-11)8-18-15(20)10-3-6-12-13(7-10)21-19-14(12)17/h1-7H,8H2,(H2,17,19)(H,18,20). The second-order valence-electron chi connectivity index (χ2n) is 4.59. The SMILES string of the molecule is Nc1noc2cc(C(=O)NCc3ccc(Cl)cc3)ccc12. The number of rotatable bonds is 3. The van der Waals surface area contributed by atoms with Crippen molar-refractivity contribution in [1.29, 1.82) is 0 Å². The molecule has 1 amide bonds. The summed E-state index contributed by atoms with van der Waals surface area (Å²) in [6, 6.07) is 12.3. The summed E-state index contributed by atoms with van der Waals surface area (Å²) in [5, 5.41) is 7.85. The molecular weight excluding hydrogens is 290 g/mol. The Hall–Kier alpha value is -2.53. The van der Waals surface area contributed by atoms with Crippen LogP contribution in [-0.4, -0.2) is 11.1 Å². The van der Waals surface area contributed by atoms with Gasteiger partial charge in [0.15, 0.2) is 11.4 Å². The van der Waals surface area contributed by atoms with Gasteiger partial charge in [-0.3, -0.25) is 4.79 Å². The average molecular weight is 302 g/mol. The Bertz CT molecular complexity index is 796. The van der Waals surface area contributed by atoms with Gasteiger partial charge in [0, 0.05) is 17.1 Å². The van der Waals surface area contributed by atoms with E-state index in [0.717, 1.165) is 5.56 Å². The van der Waals surface area contributed by atoms with Gasteiger partial charge in [-0.15, -0.1) is 0 Å². The number of nitrogens with two attached hydrogens (primary N) is 1. The molecule has 0 radical (unpaired) electrons. The van der Waals surface area contributed by atoms with Crippen molar-refractivity contribution in [2.45, 2.75) is 6.54 Å². The summed E-state index contributed by atoms with van der Waals surface area (Å²) in [5.74, 6) is 0.125. The number of aromatic nitrogens is 1. The molecule has 3 rings (SSSR count). The van der Waals surface area contributed by atoms with E-state index < -0.39 is 0 Å². The van der Waals surface area contributed by atoms with Crippen molar-refractivity contribution in [2.24, 2.45) is 0 Å². The van der Waals surface area contributed by atoms with Gasteiger partial charge >= 0.3 is 0 Å². The van der Waals surface area contributed by atoms with Gasteiger partial charge in [-0.25, -0.2) is 0 Å². The quantitative estimate of drug-likeness (QED) is 0.779. The number of nitrogens with zero attached hydrogens (tertiary/aromatic N) is 1. The fourth-order valence-electron chi connectivity index (χ4n) is 1.98. The zero-order valence-corrected chi connectivity index (χ0v) is 11.7. The van der Waals surface area contributed by atoms with Gasteiger partial charge in [-0.2, -0.15) is 0 Å². The molecule has 0 fully saturated rings. The molecule has 6 heteroatoms. The van der Waals surface area contributed by atoms with E-state index in [1.54, 1.807) is 30.3 Å². The number of fused-ring (bicyclic) bond motifs is 1. The van der Waals surface area contributed by atoms with Gasteiger partial charge in [0.05, 0.1) is 5.39 Å². The minimum absolute atomic E-state index is 0.193. The molecule has 3 N–H and O–H groups in total. The predicted octanol–water partition coefficient (Wildman–Crippen LogP) is 2.99. The summed E-state index contributed by atoms with van der Waals surface area (Å²) in [6.07, 6.45) is 0. The van der Waals surface area contributed by atoms with E-state index in [4.69, 9.17) is 21.9 Å². The molecule has 106 valence electrons. The number of benzene rings is 2. The lowest BCUT2D eigenvalue weighted by atomic mass is 10.1. The molecule has 0 saturated carbocycles. The number of carbonyl (C=O) groups is 1. The van der Waals surface area contributed by atoms with Crippen LogP contribution < -0.4 is 11.1 Å². The highest BCUT2D eigenvalue weighted by molar-refractivity contribution is 6.30. The van der Waals surface area contributed by atoms with Crippen molar-refractivity contribution in [2.75, 3.05) is 5.73 Å². The Kier molecular flexibility index (Phi) is 3.50. The number of hydrogen-bond acceptors (Lipinski definition) is 4. The second kappa shape index (κ2) is 5.46. The lowest BCUT2D eigenvalue weighted by Gasteiger charge is -2.05. The third kappa shape index (κ3) is 2.83. The summed E-state index contributed by atoms with van der Waals surface area (Å²) in [4.78, 5) is 12.1. The van der Waals surface area contributed by atoms with E-state index in [0.29, 0.717) is 33.9 Å². The number of nitrogen functional groups attached to an aromatic ring is 1. The van der Waals surface area contributed by atoms with Crippen LogP contribution in [0.15, 0.2) is 47.0 Å². The molecule has 0 aliphatic carbocycles. The molecule has 0 spiro atoms. The van der Waals surface area contributed by atoms with Crippen LogP contribution in [0.1, 0.15) is 15.9 Å². The lowest BCUT2D eigenvalue weighted by molar-refractivity contribution is 0.0951. The normalized spacial score (nSPS) is 10.7. The van der Waals surface area contributed by atoms with Crippen LogP contribution in [-0.2, 0) is 6.54 Å². The lowest BCUT2D eigenvalue weighted by Crippen LogP contribution is -2.22. The first-order valence-electron chi connectivity index (χ1n) is 6.31. The number of amides is 1. The van der Waals surface area contributed by atoms with E-state index >= 15 is 0 Å². The molecule has 0 aliphatic heterocycles. The monoisotopic (exact) mass is 301 g/mol. The zero-order chi connectivity index (χ0) is 14.8. The van der Waals surface area contributed by atoms with E-state index in [9.17, 15) is 4.79 Å². The average Bonchev–Trinajstić information content (AvgIpc) is 2.87. The van der Waals surface area contributed by atoms with Crippen LogP contribution in [0, 0.1) is 0 Å². The van der Waals surface area contributed by atoms with Gasteiger partial charge in [-0.1, -0.05) is 28.9 Å². The number of hydrogen-bond donors (Lipinski definition) is 2. The molecule has 5 nitrogen and oxygen atoms in total. The molecule has 21 heavy (non-hydrogen) atoms. The summed E-state index contributed by atoms with van der Waals surface area (Å²) in [7, 11) is 0. The van der Waals surface area contributed by atoms with Gasteiger partial charge in [0.2, 0.25) is 0 Å². The second-order valence-corrected chi connectivity index (χ2v) is 5.02. The molecular formula is C15H12ClN3O2. The zero-order valence-electron chi connectivity index (χ0n) is 11.0. The topological polar surface area (TPSA) is 81.2 Å². The van der Waals surface area contributed by atoms with Crippen molar-refractivity contribution < 1.29 is 9.32 Å². The molecule has 0 atom stereocenters. The Morgan fingerprint density at radius 3 is 2.76 bits per heavy atom. The Morgan fingerprint density at radius 1 is 1.24 bits per heavy atom. The summed E-state index contributed by atoms with van der Waals surface area (Å²) < 4.78 is 5.05. The van der Waals surface area contributed by atoms with E-state index in [-0.39, 0.29) is 5.91 Å². The van der Waals surface area contributed by atoms with E-state index in [2.05, 4.69) is 10.5 Å². The van der Waals surface area contributed by atoms with Crippen molar-refractivity contribution in [1.82, 2.24) is 10.5 Å². The first-order chi connectivity index (χ1) is 10.1. The fourth-order valence-corrected chi connectivity index (χ4v) is 2.11. The third-order valence-electron chi connectivity index (χ3n) is 3.13. The highest BCUT2D eigenvalue weighted by atomic mass is 35.5. The molecule has 1 aromatic heterocycles. The third-order valence-corrected chi connectivity index (χ3v) is 3.38. The predicted molar refractivity (Wildman–Crippen MR) is 81.0 cm³/mol. The van der Waals surface area contributed by atoms with Crippen molar-refractivity contribution in [3.8, 4) is 0 Å².